The van der Waals surface area contributed by atoms with Crippen LogP contribution in [0, 0.1) is 12.8 Å². The van der Waals surface area contributed by atoms with Gasteiger partial charge in [-0.05, 0) is 24.1 Å². The number of carbonyl (C=O) groups excluding carboxylic acids is 1. The van der Waals surface area contributed by atoms with E-state index in [1.807, 2.05) is 28.8 Å². The maximum absolute atomic E-state index is 11.5. The normalized spacial score (nSPS) is 19.3. The van der Waals surface area contributed by atoms with Crippen molar-refractivity contribution in [1.29, 1.82) is 0 Å². The molecule has 2 atom stereocenters. The Labute approximate surface area is 165 Å². The molecule has 0 aliphatic carbocycles. The van der Waals surface area contributed by atoms with Crippen molar-refractivity contribution in [3.8, 4) is 0 Å². The Hall–Kier alpha value is -2.67. The number of para-hydroxylation sites is 1. The quantitative estimate of drug-likeness (QED) is 0.507. The van der Waals surface area contributed by atoms with Crippen LogP contribution >= 0.6 is 0 Å². The van der Waals surface area contributed by atoms with Crippen LogP contribution in [-0.4, -0.2) is 23.6 Å². The van der Waals surface area contributed by atoms with Gasteiger partial charge < -0.3 is 15.6 Å². The van der Waals surface area contributed by atoms with E-state index in [0.717, 1.165) is 30.8 Å². The largest absolute Gasteiger partial charge is 0.368 e. The fourth-order valence-electron chi connectivity index (χ4n) is 4.21. The van der Waals surface area contributed by atoms with E-state index in [4.69, 9.17) is 5.73 Å². The van der Waals surface area contributed by atoms with Crippen molar-refractivity contribution in [2.45, 2.75) is 26.1 Å². The molecule has 1 aromatic heterocycles. The van der Waals surface area contributed by atoms with E-state index in [9.17, 15) is 4.79 Å². The number of amides is 1. The van der Waals surface area contributed by atoms with Crippen molar-refractivity contribution >= 4 is 16.8 Å². The van der Waals surface area contributed by atoms with E-state index in [-0.39, 0.29) is 12.5 Å². The molecule has 146 valence electrons. The molecule has 5 N–H and O–H groups in total. The SMILES string of the molecule is Cc1c(CNCC2CNNC2c2ccccc2)c2ccccc2n1CC(N)=O. The van der Waals surface area contributed by atoms with Gasteiger partial charge in [-0.3, -0.25) is 10.2 Å². The van der Waals surface area contributed by atoms with Crippen molar-refractivity contribution in [2.24, 2.45) is 11.7 Å². The zero-order valence-electron chi connectivity index (χ0n) is 16.1. The Bertz CT molecular complexity index is 966. The first kappa shape index (κ1) is 18.7. The molecule has 1 aliphatic rings. The van der Waals surface area contributed by atoms with E-state index < -0.39 is 0 Å². The van der Waals surface area contributed by atoms with Gasteiger partial charge in [0.25, 0.3) is 0 Å². The van der Waals surface area contributed by atoms with Crippen LogP contribution in [0.5, 0.6) is 0 Å². The number of benzene rings is 2. The molecule has 2 aromatic carbocycles. The Morgan fingerprint density at radius 1 is 1.18 bits per heavy atom. The van der Waals surface area contributed by atoms with Gasteiger partial charge in [0, 0.05) is 42.1 Å². The number of nitrogens with one attached hydrogen (secondary N) is 3. The molecule has 2 unspecified atom stereocenters. The predicted molar refractivity (Wildman–Crippen MR) is 111 cm³/mol. The molecule has 0 radical (unpaired) electrons. The highest BCUT2D eigenvalue weighted by Crippen LogP contribution is 2.27. The zero-order valence-corrected chi connectivity index (χ0v) is 16.1. The first-order valence-corrected chi connectivity index (χ1v) is 9.74. The fraction of sp³-hybridized carbons (Fsp3) is 0.318. The number of hydrazine groups is 1. The minimum atomic E-state index is -0.322. The third-order valence-corrected chi connectivity index (χ3v) is 5.64. The summed E-state index contributed by atoms with van der Waals surface area (Å²) >= 11 is 0. The lowest BCUT2D eigenvalue weighted by Gasteiger charge is -2.19. The molecule has 28 heavy (non-hydrogen) atoms. The second-order valence-electron chi connectivity index (χ2n) is 7.44. The number of hydrogen-bond donors (Lipinski definition) is 4. The van der Waals surface area contributed by atoms with Crippen molar-refractivity contribution in [3.63, 3.8) is 0 Å². The van der Waals surface area contributed by atoms with Crippen LogP contribution in [0.15, 0.2) is 54.6 Å². The summed E-state index contributed by atoms with van der Waals surface area (Å²) in [5, 5.41) is 4.81. The van der Waals surface area contributed by atoms with E-state index in [2.05, 4.69) is 53.4 Å². The van der Waals surface area contributed by atoms with Gasteiger partial charge in [0.1, 0.15) is 6.54 Å². The molecule has 0 saturated carbocycles. The van der Waals surface area contributed by atoms with Gasteiger partial charge in [-0.2, -0.15) is 0 Å². The van der Waals surface area contributed by atoms with Gasteiger partial charge in [0.2, 0.25) is 5.91 Å². The minimum Gasteiger partial charge on any atom is -0.368 e. The topological polar surface area (TPSA) is 84.1 Å². The second kappa shape index (κ2) is 8.14. The molecular formula is C22H27N5O. The van der Waals surface area contributed by atoms with Crippen LogP contribution in [0.3, 0.4) is 0 Å². The highest BCUT2D eigenvalue weighted by molar-refractivity contribution is 5.87. The lowest BCUT2D eigenvalue weighted by Crippen LogP contribution is -2.28. The summed E-state index contributed by atoms with van der Waals surface area (Å²) in [4.78, 5) is 11.5. The minimum absolute atomic E-state index is 0.207. The van der Waals surface area contributed by atoms with E-state index >= 15 is 0 Å². The molecule has 0 bridgehead atoms. The van der Waals surface area contributed by atoms with Crippen LogP contribution in [0.4, 0.5) is 0 Å². The Kier molecular flexibility index (Phi) is 5.43. The first-order valence-electron chi connectivity index (χ1n) is 9.74. The van der Waals surface area contributed by atoms with Gasteiger partial charge in [-0.1, -0.05) is 48.5 Å². The second-order valence-corrected chi connectivity index (χ2v) is 7.44. The number of hydrogen-bond acceptors (Lipinski definition) is 4. The lowest BCUT2D eigenvalue weighted by molar-refractivity contribution is -0.118. The highest BCUT2D eigenvalue weighted by atomic mass is 16.1. The summed E-state index contributed by atoms with van der Waals surface area (Å²) in [5.41, 5.74) is 16.8. The number of nitrogens with zero attached hydrogens (tertiary/aromatic N) is 1. The smallest absolute Gasteiger partial charge is 0.237 e. The van der Waals surface area contributed by atoms with Crippen molar-refractivity contribution in [3.05, 3.63) is 71.4 Å². The monoisotopic (exact) mass is 377 g/mol. The van der Waals surface area contributed by atoms with Gasteiger partial charge in [0.15, 0.2) is 0 Å². The molecule has 2 heterocycles. The van der Waals surface area contributed by atoms with Gasteiger partial charge in [0.05, 0.1) is 6.04 Å². The molecule has 0 spiro atoms. The average molecular weight is 377 g/mol. The maximum atomic E-state index is 11.5. The lowest BCUT2D eigenvalue weighted by atomic mass is 9.95. The summed E-state index contributed by atoms with van der Waals surface area (Å²) < 4.78 is 2.01. The third-order valence-electron chi connectivity index (χ3n) is 5.64. The summed E-state index contributed by atoms with van der Waals surface area (Å²) in [5.74, 6) is 0.138. The summed E-state index contributed by atoms with van der Waals surface area (Å²) in [6.07, 6.45) is 0. The Morgan fingerprint density at radius 3 is 2.71 bits per heavy atom. The highest BCUT2D eigenvalue weighted by Gasteiger charge is 2.27. The van der Waals surface area contributed by atoms with E-state index in [0.29, 0.717) is 12.0 Å². The number of rotatable bonds is 7. The fourth-order valence-corrected chi connectivity index (χ4v) is 4.21. The molecule has 1 fully saturated rings. The van der Waals surface area contributed by atoms with Gasteiger partial charge in [-0.15, -0.1) is 0 Å². The number of aromatic nitrogens is 1. The maximum Gasteiger partial charge on any atom is 0.237 e. The molecule has 1 saturated heterocycles. The molecule has 1 aliphatic heterocycles. The molecule has 3 aromatic rings. The zero-order chi connectivity index (χ0) is 19.5. The van der Waals surface area contributed by atoms with E-state index in [1.54, 1.807) is 0 Å². The third kappa shape index (κ3) is 3.67. The van der Waals surface area contributed by atoms with Crippen molar-refractivity contribution in [1.82, 2.24) is 20.7 Å². The molecular weight excluding hydrogens is 350 g/mol. The van der Waals surface area contributed by atoms with Crippen LogP contribution in [-0.2, 0) is 17.9 Å². The molecule has 4 rings (SSSR count). The van der Waals surface area contributed by atoms with Crippen LogP contribution < -0.4 is 21.9 Å². The molecule has 6 heteroatoms. The van der Waals surface area contributed by atoms with Crippen molar-refractivity contribution in [2.75, 3.05) is 13.1 Å². The van der Waals surface area contributed by atoms with Crippen molar-refractivity contribution < 1.29 is 4.79 Å². The van der Waals surface area contributed by atoms with Crippen LogP contribution in [0.25, 0.3) is 10.9 Å². The number of nitrogens with two attached hydrogens (primary N) is 1. The number of primary amides is 1. The Balaban J connectivity index is 1.49. The summed E-state index contributed by atoms with van der Waals surface area (Å²) in [7, 11) is 0. The number of fused-ring (bicyclic) bond motifs is 1. The molecule has 6 nitrogen and oxygen atoms in total. The van der Waals surface area contributed by atoms with Gasteiger partial charge in [-0.25, -0.2) is 5.43 Å². The van der Waals surface area contributed by atoms with E-state index in [1.165, 1.54) is 16.5 Å². The summed E-state index contributed by atoms with van der Waals surface area (Å²) in [6, 6.07) is 19.0. The van der Waals surface area contributed by atoms with Crippen LogP contribution in [0.2, 0.25) is 0 Å². The number of carbonyl (C=O) groups is 1. The van der Waals surface area contributed by atoms with Gasteiger partial charge >= 0.3 is 0 Å². The Morgan fingerprint density at radius 2 is 1.93 bits per heavy atom. The predicted octanol–water partition coefficient (Wildman–Crippen LogP) is 1.99. The average Bonchev–Trinajstić information content (AvgIpc) is 3.27. The first-order chi connectivity index (χ1) is 13.6. The summed E-state index contributed by atoms with van der Waals surface area (Å²) in [6.45, 7) is 4.85. The van der Waals surface area contributed by atoms with Crippen LogP contribution in [0.1, 0.15) is 22.9 Å². The molecule has 1 amide bonds. The standard InChI is InChI=1S/C22H27N5O/c1-15-19(18-9-5-6-10-20(18)27(15)14-21(23)28)13-24-11-17-12-25-26-22(17)16-7-3-2-4-8-16/h2-10,17,22,24-26H,11-14H2,1H3,(H2,23,28).